The lowest BCUT2D eigenvalue weighted by atomic mass is 9.83. The van der Waals surface area contributed by atoms with Crippen molar-refractivity contribution in [3.63, 3.8) is 0 Å². The van der Waals surface area contributed by atoms with Crippen molar-refractivity contribution in [3.8, 4) is 11.5 Å². The number of thiazole rings is 1. The largest absolute Gasteiger partial charge is 0.491 e. The number of carbonyl (C=O) groups is 4. The van der Waals surface area contributed by atoms with Crippen LogP contribution in [0.5, 0.6) is 11.5 Å². The molecule has 0 unspecified atom stereocenters. The van der Waals surface area contributed by atoms with Crippen molar-refractivity contribution in [2.24, 2.45) is 5.41 Å². The summed E-state index contributed by atoms with van der Waals surface area (Å²) < 4.78 is 62.9. The normalized spacial score (nSPS) is 16.2. The number of pyridine rings is 1. The molecule has 3 heterocycles. The highest BCUT2D eigenvalue weighted by Gasteiger charge is 2.44. The fourth-order valence-electron chi connectivity index (χ4n) is 10.0. The lowest BCUT2D eigenvalue weighted by molar-refractivity contribution is -0.147. The summed E-state index contributed by atoms with van der Waals surface area (Å²) in [7, 11) is -2.36. The number of likely N-dealkylation sites (N-methyl/N-ethyl adjacent to an activating group) is 1. The number of anilines is 2. The monoisotopic (exact) mass is 1190 g/mol. The summed E-state index contributed by atoms with van der Waals surface area (Å²) >= 11 is 1.56. The van der Waals surface area contributed by atoms with Gasteiger partial charge in [-0.1, -0.05) is 51.1 Å². The van der Waals surface area contributed by atoms with Crippen molar-refractivity contribution < 1.29 is 56.0 Å². The number of hydrogen-bond donors (Lipinski definition) is 3. The van der Waals surface area contributed by atoms with Gasteiger partial charge in [-0.05, 0) is 138 Å². The summed E-state index contributed by atoms with van der Waals surface area (Å²) in [4.78, 5) is 68.2. The first kappa shape index (κ1) is 63.1. The quantitative estimate of drug-likeness (QED) is 0.0508. The van der Waals surface area contributed by atoms with Gasteiger partial charge in [0.15, 0.2) is 9.84 Å². The van der Waals surface area contributed by atoms with Crippen LogP contribution < -0.4 is 25.4 Å². The lowest BCUT2D eigenvalue weighted by Gasteiger charge is -2.42. The Balaban J connectivity index is 0.816. The highest BCUT2D eigenvalue weighted by molar-refractivity contribution is 7.92. The van der Waals surface area contributed by atoms with E-state index in [4.69, 9.17) is 28.4 Å². The van der Waals surface area contributed by atoms with Gasteiger partial charge in [-0.3, -0.25) is 24.3 Å². The number of aromatic nitrogens is 2. The maximum Gasteiger partial charge on any atom is 0.410 e. The zero-order chi connectivity index (χ0) is 60.6. The minimum absolute atomic E-state index is 0.0659. The number of rotatable bonds is 23. The molecule has 1 aliphatic heterocycles. The number of hydrogen-bond acceptors (Lipinski definition) is 16. The van der Waals surface area contributed by atoms with E-state index in [1.54, 1.807) is 88.5 Å². The van der Waals surface area contributed by atoms with Crippen LogP contribution in [0, 0.1) is 5.41 Å². The molecule has 0 radical (unpaired) electrons. The SMILES string of the molecule is C[C@@H](C(=O)N[C@H](C(=O)N1Cc2cc(OCCOCCOCCOCCOc3cc4nccc(Nc5ccc6scnc6c5)c4cc3S(=O)(=O)C(C)(C)C)ccc2C[C@H]1C(=O)N[C@H]1CCCc2ccccc21)C(C)(C)C)N(C)C(=O)OC(C)(C)C. The van der Waals surface area contributed by atoms with Gasteiger partial charge in [0, 0.05) is 49.0 Å². The summed E-state index contributed by atoms with van der Waals surface area (Å²) in [5, 5.41) is 10.3. The van der Waals surface area contributed by atoms with E-state index in [1.807, 2.05) is 81.4 Å². The molecule has 6 aromatic rings. The maximum absolute atomic E-state index is 15.0. The van der Waals surface area contributed by atoms with Gasteiger partial charge < -0.3 is 49.3 Å². The first-order chi connectivity index (χ1) is 39.8. The topological polar surface area (TPSA) is 226 Å². The molecule has 0 bridgehead atoms. The molecule has 0 saturated heterocycles. The van der Waals surface area contributed by atoms with Crippen molar-refractivity contribution in [1.29, 1.82) is 0 Å². The summed E-state index contributed by atoms with van der Waals surface area (Å²) in [5.74, 6) is -0.484. The number of ether oxygens (including phenoxy) is 6. The highest BCUT2D eigenvalue weighted by atomic mass is 32.2. The molecule has 4 atom stereocenters. The molecule has 19 nitrogen and oxygen atoms in total. The van der Waals surface area contributed by atoms with Gasteiger partial charge in [0.05, 0.1) is 71.7 Å². The van der Waals surface area contributed by atoms with E-state index < -0.39 is 61.6 Å². The molecular weight excluding hydrogens is 1110 g/mol. The van der Waals surface area contributed by atoms with Crippen LogP contribution in [0.25, 0.3) is 21.1 Å². The van der Waals surface area contributed by atoms with Crippen LogP contribution in [-0.2, 0) is 62.6 Å². The Morgan fingerprint density at radius 2 is 1.46 bits per heavy atom. The molecule has 2 aromatic heterocycles. The van der Waals surface area contributed by atoms with Gasteiger partial charge in [0.25, 0.3) is 0 Å². The molecule has 4 amide bonds. The third-order valence-electron chi connectivity index (χ3n) is 14.9. The van der Waals surface area contributed by atoms with E-state index in [1.165, 1.54) is 17.5 Å². The molecule has 0 saturated carbocycles. The molecule has 3 N–H and O–H groups in total. The fourth-order valence-corrected chi connectivity index (χ4v) is 12.0. The van der Waals surface area contributed by atoms with E-state index in [9.17, 15) is 22.8 Å². The molecule has 4 aromatic carbocycles. The number of aryl methyl sites for hydroxylation is 1. The van der Waals surface area contributed by atoms with Crippen molar-refractivity contribution in [3.05, 3.63) is 113 Å². The van der Waals surface area contributed by atoms with E-state index in [-0.39, 0.29) is 68.6 Å². The van der Waals surface area contributed by atoms with Crippen molar-refractivity contribution in [2.45, 2.75) is 141 Å². The highest BCUT2D eigenvalue weighted by Crippen LogP contribution is 2.39. The number of nitrogens with zero attached hydrogens (tertiary/aromatic N) is 4. The summed E-state index contributed by atoms with van der Waals surface area (Å²) in [5.41, 5.74) is 7.14. The van der Waals surface area contributed by atoms with Gasteiger partial charge in [-0.2, -0.15) is 0 Å². The number of carbonyl (C=O) groups excluding carboxylic acids is 4. The molecule has 8 rings (SSSR count). The van der Waals surface area contributed by atoms with E-state index in [0.717, 1.165) is 51.9 Å². The number of nitrogens with one attached hydrogen (secondary N) is 3. The van der Waals surface area contributed by atoms with Gasteiger partial charge in [-0.25, -0.2) is 18.2 Å². The molecular formula is C63H81N7O12S2. The average Bonchev–Trinajstić information content (AvgIpc) is 2.07. The Morgan fingerprint density at radius 3 is 2.15 bits per heavy atom. The molecule has 452 valence electrons. The standard InChI is InChI=1S/C63H81N7O12S2/c1-40(69(11)60(74)82-62(5,6)7)57(71)68-56(61(2,3)4)59(73)70-38-43-33-45(21-19-42(43)34-52(70)58(72)67-48-18-14-16-41-15-12-13-17-46(41)48)80-31-29-78-27-25-77-26-28-79-30-32-81-53-37-50-47(36-55(53)84(75,76)63(8,9)10)49(23-24-64-50)66-44-20-22-54-51(35-44)65-39-83-54/h12-13,15,17,19-24,33,35-37,39-40,48,52,56H,14,16,18,25-32,34,38H2,1-11H3,(H,64,66)(H,67,72)(H,68,71)/t40-,48-,52-,56+/m0/s1. The van der Waals surface area contributed by atoms with Crippen LogP contribution in [0.2, 0.25) is 0 Å². The van der Waals surface area contributed by atoms with Gasteiger partial charge in [0.1, 0.15) is 53.3 Å². The predicted molar refractivity (Wildman–Crippen MR) is 325 cm³/mol. The van der Waals surface area contributed by atoms with Gasteiger partial charge >= 0.3 is 6.09 Å². The number of sulfone groups is 1. The zero-order valence-corrected chi connectivity index (χ0v) is 51.8. The van der Waals surface area contributed by atoms with E-state index >= 15 is 4.79 Å². The summed E-state index contributed by atoms with van der Waals surface area (Å²) in [6, 6.07) is 21.6. The first-order valence-electron chi connectivity index (χ1n) is 28.6. The maximum atomic E-state index is 15.0. The first-order valence-corrected chi connectivity index (χ1v) is 31.0. The third-order valence-corrected chi connectivity index (χ3v) is 18.2. The number of fused-ring (bicyclic) bond motifs is 4. The predicted octanol–water partition coefficient (Wildman–Crippen LogP) is 9.90. The van der Waals surface area contributed by atoms with Gasteiger partial charge in [-0.15, -0.1) is 11.3 Å². The second kappa shape index (κ2) is 27.0. The van der Waals surface area contributed by atoms with Crippen LogP contribution in [0.3, 0.4) is 0 Å². The summed E-state index contributed by atoms with van der Waals surface area (Å²) in [6.45, 7) is 19.4. The minimum atomic E-state index is -3.84. The lowest BCUT2D eigenvalue weighted by Crippen LogP contribution is -2.62. The van der Waals surface area contributed by atoms with Gasteiger partial charge in [0.2, 0.25) is 17.7 Å². The van der Waals surface area contributed by atoms with Crippen LogP contribution in [0.1, 0.15) is 110 Å². The van der Waals surface area contributed by atoms with Crippen LogP contribution in [-0.4, -0.2) is 140 Å². The average molecular weight is 1190 g/mol. The Morgan fingerprint density at radius 1 is 0.774 bits per heavy atom. The zero-order valence-electron chi connectivity index (χ0n) is 50.2. The van der Waals surface area contributed by atoms with E-state index in [0.29, 0.717) is 42.2 Å². The molecule has 0 spiro atoms. The second-order valence-corrected chi connectivity index (χ2v) is 27.9. The molecule has 0 fully saturated rings. The summed E-state index contributed by atoms with van der Waals surface area (Å²) in [6.07, 6.45) is 3.85. The van der Waals surface area contributed by atoms with Crippen LogP contribution in [0.15, 0.2) is 95.5 Å². The third kappa shape index (κ3) is 15.7. The van der Waals surface area contributed by atoms with Crippen molar-refractivity contribution in [2.75, 3.05) is 65.2 Å². The van der Waals surface area contributed by atoms with Crippen LogP contribution >= 0.6 is 11.3 Å². The smallest absolute Gasteiger partial charge is 0.410 e. The van der Waals surface area contributed by atoms with E-state index in [2.05, 4.69) is 32.0 Å². The molecule has 2 aliphatic rings. The fraction of sp³-hybridized carbons (Fsp3) is 0.492. The Bertz CT molecular complexity index is 3420. The van der Waals surface area contributed by atoms with Crippen LogP contribution in [0.4, 0.5) is 16.2 Å². The second-order valence-electron chi connectivity index (χ2n) is 24.3. The molecule has 84 heavy (non-hydrogen) atoms. The number of benzene rings is 4. The number of amides is 4. The van der Waals surface area contributed by atoms with Crippen molar-refractivity contribution in [1.82, 2.24) is 30.4 Å². The minimum Gasteiger partial charge on any atom is -0.491 e. The molecule has 1 aliphatic carbocycles. The van der Waals surface area contributed by atoms with Crippen molar-refractivity contribution >= 4 is 77.5 Å². The Labute approximate surface area is 497 Å². The Hall–Kier alpha value is -6.91. The molecule has 21 heteroatoms. The Kier molecular flexibility index (Phi) is 20.3.